The second kappa shape index (κ2) is 12.8. The summed E-state index contributed by atoms with van der Waals surface area (Å²) >= 11 is 0. The predicted octanol–water partition coefficient (Wildman–Crippen LogP) is 4.54. The number of methoxy groups -OCH3 is 1. The van der Waals surface area contributed by atoms with Gasteiger partial charge in [0.15, 0.2) is 17.4 Å². The van der Waals surface area contributed by atoms with Gasteiger partial charge in [-0.3, -0.25) is 14.5 Å². The van der Waals surface area contributed by atoms with Gasteiger partial charge in [-0.15, -0.1) is 0 Å². The number of pyridine rings is 1. The molecule has 3 aromatic heterocycles. The lowest BCUT2D eigenvalue weighted by molar-refractivity contribution is -0.145. The van der Waals surface area contributed by atoms with E-state index in [9.17, 15) is 4.79 Å². The lowest BCUT2D eigenvalue weighted by Gasteiger charge is -2.12. The first kappa shape index (κ1) is 29.3. The van der Waals surface area contributed by atoms with E-state index in [-0.39, 0.29) is 31.1 Å². The zero-order chi connectivity index (χ0) is 30.5. The van der Waals surface area contributed by atoms with Gasteiger partial charge in [-0.05, 0) is 32.0 Å². The summed E-state index contributed by atoms with van der Waals surface area (Å²) in [4.78, 5) is 24.8. The van der Waals surface area contributed by atoms with Gasteiger partial charge in [-0.25, -0.2) is 18.7 Å². The molecule has 0 amide bonds. The fourth-order valence-electron chi connectivity index (χ4n) is 4.29. The fraction of sp³-hybridized carbons (Fsp3) is 0.233. The Hall–Kier alpha value is -5.17. The summed E-state index contributed by atoms with van der Waals surface area (Å²) in [6, 6.07) is 12.3. The molecule has 0 radical (unpaired) electrons. The summed E-state index contributed by atoms with van der Waals surface area (Å²) in [6.45, 7) is 2.95. The Balaban J connectivity index is 1.41. The highest BCUT2D eigenvalue weighted by Gasteiger charge is 2.20. The van der Waals surface area contributed by atoms with Crippen molar-refractivity contribution in [1.29, 1.82) is 0 Å². The number of halogens is 2. The van der Waals surface area contributed by atoms with Gasteiger partial charge in [0.25, 0.3) is 0 Å². The van der Waals surface area contributed by atoms with Crippen LogP contribution in [0.4, 0.5) is 20.3 Å². The standard InChI is InChI=1S/C30H29F2N7O4/c1-17-12-19(8-9-34-17)36-28-26(41-3)15-35-29(37-28)27-21-6-4-5-7-25(21)39(38-27)16-22-23(31)13-20(14-24(22)32)42-10-11-43-30(40)18(2)33/h4-9,12-15,18H,10-11,16,33H2,1-3H3,(H,34,35,36,37). The van der Waals surface area contributed by atoms with Gasteiger partial charge >= 0.3 is 5.97 Å². The van der Waals surface area contributed by atoms with Crippen molar-refractivity contribution in [3.05, 3.63) is 83.8 Å². The molecule has 0 aliphatic heterocycles. The zero-order valence-electron chi connectivity index (χ0n) is 23.7. The molecule has 43 heavy (non-hydrogen) atoms. The molecule has 0 bridgehead atoms. The minimum atomic E-state index is -0.816. The van der Waals surface area contributed by atoms with Crippen molar-refractivity contribution in [1.82, 2.24) is 24.7 Å². The van der Waals surface area contributed by atoms with E-state index in [0.29, 0.717) is 34.0 Å². The SMILES string of the molecule is COc1cnc(-c2nn(Cc3c(F)cc(OCCOC(=O)C(C)N)cc3F)c3ccccc23)nc1Nc1ccnc(C)c1. The number of aromatic nitrogens is 5. The van der Waals surface area contributed by atoms with Crippen LogP contribution < -0.4 is 20.5 Å². The molecule has 1 atom stereocenters. The normalized spacial score (nSPS) is 11.8. The molecule has 2 aromatic carbocycles. The maximum Gasteiger partial charge on any atom is 0.322 e. The topological polar surface area (TPSA) is 139 Å². The number of rotatable bonds is 11. The largest absolute Gasteiger partial charge is 0.491 e. The van der Waals surface area contributed by atoms with Crippen molar-refractivity contribution < 1.29 is 27.8 Å². The molecule has 13 heteroatoms. The summed E-state index contributed by atoms with van der Waals surface area (Å²) in [7, 11) is 1.52. The number of nitrogens with zero attached hydrogens (tertiary/aromatic N) is 5. The van der Waals surface area contributed by atoms with Crippen LogP contribution in [0.1, 0.15) is 18.2 Å². The van der Waals surface area contributed by atoms with Crippen LogP contribution in [0.25, 0.3) is 22.4 Å². The highest BCUT2D eigenvalue weighted by atomic mass is 19.1. The molecule has 5 aromatic rings. The van der Waals surface area contributed by atoms with E-state index in [0.717, 1.165) is 23.5 Å². The monoisotopic (exact) mass is 589 g/mol. The Labute approximate surface area is 245 Å². The molecule has 0 saturated carbocycles. The van der Waals surface area contributed by atoms with Crippen LogP contribution in [0, 0.1) is 18.6 Å². The highest BCUT2D eigenvalue weighted by molar-refractivity contribution is 5.92. The molecule has 0 saturated heterocycles. The number of ether oxygens (including phenoxy) is 3. The third-order valence-corrected chi connectivity index (χ3v) is 6.39. The second-order valence-electron chi connectivity index (χ2n) is 9.62. The highest BCUT2D eigenvalue weighted by Crippen LogP contribution is 2.32. The van der Waals surface area contributed by atoms with E-state index in [1.165, 1.54) is 24.9 Å². The number of nitrogens with one attached hydrogen (secondary N) is 1. The number of hydrogen-bond acceptors (Lipinski definition) is 10. The van der Waals surface area contributed by atoms with Gasteiger partial charge in [0, 0.05) is 40.7 Å². The van der Waals surface area contributed by atoms with E-state index in [1.54, 1.807) is 24.4 Å². The zero-order valence-corrected chi connectivity index (χ0v) is 23.7. The van der Waals surface area contributed by atoms with E-state index < -0.39 is 23.6 Å². The maximum absolute atomic E-state index is 15.1. The maximum atomic E-state index is 15.1. The molecule has 3 heterocycles. The molecule has 0 spiro atoms. The third kappa shape index (κ3) is 6.67. The van der Waals surface area contributed by atoms with Gasteiger partial charge in [0.2, 0.25) is 0 Å². The number of carbonyl (C=O) groups is 1. The Morgan fingerprint density at radius 2 is 1.86 bits per heavy atom. The first-order valence-electron chi connectivity index (χ1n) is 13.3. The molecule has 0 aliphatic rings. The molecule has 11 nitrogen and oxygen atoms in total. The van der Waals surface area contributed by atoms with Crippen molar-refractivity contribution in [3.8, 4) is 23.0 Å². The molecule has 5 rings (SSSR count). The van der Waals surface area contributed by atoms with Crippen LogP contribution >= 0.6 is 0 Å². The molecule has 3 N–H and O–H groups in total. The lowest BCUT2D eigenvalue weighted by Crippen LogP contribution is -2.29. The number of carbonyl (C=O) groups excluding carboxylic acids is 1. The summed E-state index contributed by atoms with van der Waals surface area (Å²) in [6.07, 6.45) is 3.21. The number of aryl methyl sites for hydroxylation is 1. The number of esters is 1. The van der Waals surface area contributed by atoms with Crippen LogP contribution in [0.3, 0.4) is 0 Å². The summed E-state index contributed by atoms with van der Waals surface area (Å²) in [5, 5.41) is 8.58. The van der Waals surface area contributed by atoms with Crippen LogP contribution in [-0.2, 0) is 16.1 Å². The number of benzene rings is 2. The summed E-state index contributed by atoms with van der Waals surface area (Å²) in [5.74, 6) is -1.15. The van der Waals surface area contributed by atoms with E-state index in [2.05, 4.69) is 25.4 Å². The Morgan fingerprint density at radius 1 is 1.09 bits per heavy atom. The fourth-order valence-corrected chi connectivity index (χ4v) is 4.29. The average molecular weight is 590 g/mol. The predicted molar refractivity (Wildman–Crippen MR) is 155 cm³/mol. The van der Waals surface area contributed by atoms with Crippen LogP contribution in [0.2, 0.25) is 0 Å². The number of hydrogen-bond donors (Lipinski definition) is 2. The quantitative estimate of drug-likeness (QED) is 0.167. The lowest BCUT2D eigenvalue weighted by atomic mass is 10.1. The molecule has 222 valence electrons. The summed E-state index contributed by atoms with van der Waals surface area (Å²) in [5.41, 5.74) is 7.86. The Kier molecular flexibility index (Phi) is 8.71. The number of nitrogens with two attached hydrogens (primary N) is 1. The van der Waals surface area contributed by atoms with Crippen molar-refractivity contribution in [2.75, 3.05) is 25.6 Å². The minimum Gasteiger partial charge on any atom is -0.491 e. The van der Waals surface area contributed by atoms with Gasteiger partial charge in [-0.2, -0.15) is 5.10 Å². The first-order chi connectivity index (χ1) is 20.7. The van der Waals surface area contributed by atoms with Crippen molar-refractivity contribution in [2.45, 2.75) is 26.4 Å². The van der Waals surface area contributed by atoms with Gasteiger partial charge < -0.3 is 25.3 Å². The number of anilines is 2. The van der Waals surface area contributed by atoms with E-state index in [1.807, 2.05) is 25.1 Å². The minimum absolute atomic E-state index is 0.0438. The molecule has 1 unspecified atom stereocenters. The van der Waals surface area contributed by atoms with Gasteiger partial charge in [-0.1, -0.05) is 18.2 Å². The van der Waals surface area contributed by atoms with Crippen molar-refractivity contribution >= 4 is 28.4 Å². The Morgan fingerprint density at radius 3 is 2.58 bits per heavy atom. The van der Waals surface area contributed by atoms with Crippen molar-refractivity contribution in [2.24, 2.45) is 5.73 Å². The molecular formula is C30H29F2N7O4. The van der Waals surface area contributed by atoms with Crippen LogP contribution in [0.5, 0.6) is 11.5 Å². The second-order valence-corrected chi connectivity index (χ2v) is 9.62. The smallest absolute Gasteiger partial charge is 0.322 e. The third-order valence-electron chi connectivity index (χ3n) is 6.39. The number of para-hydroxylation sites is 1. The van der Waals surface area contributed by atoms with E-state index in [4.69, 9.17) is 19.9 Å². The molecular weight excluding hydrogens is 560 g/mol. The van der Waals surface area contributed by atoms with Gasteiger partial charge in [0.05, 0.1) is 25.4 Å². The number of fused-ring (bicyclic) bond motifs is 1. The Bertz CT molecular complexity index is 1750. The first-order valence-corrected chi connectivity index (χ1v) is 13.3. The summed E-state index contributed by atoms with van der Waals surface area (Å²) < 4.78 is 47.5. The van der Waals surface area contributed by atoms with E-state index >= 15 is 8.78 Å². The molecule has 0 fully saturated rings. The van der Waals surface area contributed by atoms with Gasteiger partial charge in [0.1, 0.15) is 42.3 Å². The van der Waals surface area contributed by atoms with Crippen molar-refractivity contribution in [3.63, 3.8) is 0 Å². The molecule has 0 aliphatic carbocycles. The van der Waals surface area contributed by atoms with Crippen LogP contribution in [-0.4, -0.2) is 57.1 Å². The van der Waals surface area contributed by atoms with Crippen LogP contribution in [0.15, 0.2) is 60.9 Å². The average Bonchev–Trinajstić information content (AvgIpc) is 3.35.